The number of hydrogen-bond acceptors (Lipinski definition) is 3. The maximum atomic E-state index is 12.1. The summed E-state index contributed by atoms with van der Waals surface area (Å²) in [4.78, 5) is 7.05. The van der Waals surface area contributed by atoms with Gasteiger partial charge in [-0.1, -0.05) is 0 Å². The van der Waals surface area contributed by atoms with Crippen LogP contribution >= 0.6 is 0 Å². The number of alkyl halides is 3. The Morgan fingerprint density at radius 1 is 1.21 bits per heavy atom. The van der Waals surface area contributed by atoms with Gasteiger partial charge in [0.1, 0.15) is 5.52 Å². The number of halogens is 3. The molecule has 6 heteroatoms. The van der Waals surface area contributed by atoms with Crippen LogP contribution in [0.2, 0.25) is 0 Å². The first kappa shape index (κ1) is 8.98. The van der Waals surface area contributed by atoms with Crippen LogP contribution in [0.3, 0.4) is 0 Å². The second-order valence-electron chi connectivity index (χ2n) is 2.79. The van der Waals surface area contributed by atoms with Crippen molar-refractivity contribution in [2.75, 3.05) is 0 Å². The molecule has 0 unspecified atom stereocenters. The molecular weight excluding hydrogens is 197 g/mol. The number of oxazole rings is 1. The van der Waals surface area contributed by atoms with Crippen LogP contribution in [-0.2, 0) is 6.18 Å². The molecule has 2 heterocycles. The zero-order chi connectivity index (χ0) is 10.3. The van der Waals surface area contributed by atoms with Gasteiger partial charge in [0.2, 0.25) is 5.71 Å². The summed E-state index contributed by atoms with van der Waals surface area (Å²) < 4.78 is 40.9. The molecule has 0 spiro atoms. The van der Waals surface area contributed by atoms with Crippen molar-refractivity contribution in [1.29, 1.82) is 0 Å². The zero-order valence-electron chi connectivity index (χ0n) is 7.09. The molecule has 0 aliphatic heterocycles. The average molecular weight is 202 g/mol. The van der Waals surface area contributed by atoms with Crippen molar-refractivity contribution in [1.82, 2.24) is 9.97 Å². The van der Waals surface area contributed by atoms with Crippen molar-refractivity contribution in [3.63, 3.8) is 0 Å². The lowest BCUT2D eigenvalue weighted by Gasteiger charge is -1.96. The smallest absolute Gasteiger partial charge is 0.414 e. The van der Waals surface area contributed by atoms with Crippen LogP contribution in [0.5, 0.6) is 0 Å². The molecule has 2 aromatic heterocycles. The van der Waals surface area contributed by atoms with E-state index in [9.17, 15) is 13.2 Å². The molecule has 0 N–H and O–H groups in total. The summed E-state index contributed by atoms with van der Waals surface area (Å²) in [7, 11) is 0. The van der Waals surface area contributed by atoms with Gasteiger partial charge < -0.3 is 4.42 Å². The molecular formula is C8H5F3N2O. The van der Waals surface area contributed by atoms with E-state index in [0.29, 0.717) is 5.69 Å². The maximum absolute atomic E-state index is 12.1. The van der Waals surface area contributed by atoms with Crippen molar-refractivity contribution >= 4 is 11.2 Å². The number of nitrogens with zero attached hydrogens (tertiary/aromatic N) is 2. The van der Waals surface area contributed by atoms with Gasteiger partial charge in [0.25, 0.3) is 0 Å². The van der Waals surface area contributed by atoms with E-state index in [4.69, 9.17) is 0 Å². The SMILES string of the molecule is Cc1ccc2nc(C(F)(F)F)oc2n1. The van der Waals surface area contributed by atoms with E-state index < -0.39 is 12.1 Å². The summed E-state index contributed by atoms with van der Waals surface area (Å²) in [6.45, 7) is 1.66. The molecule has 0 aliphatic carbocycles. The summed E-state index contributed by atoms with van der Waals surface area (Å²) in [5, 5.41) is 0. The molecule has 0 atom stereocenters. The van der Waals surface area contributed by atoms with E-state index in [1.165, 1.54) is 6.07 Å². The highest BCUT2D eigenvalue weighted by Gasteiger charge is 2.37. The summed E-state index contributed by atoms with van der Waals surface area (Å²) in [5.74, 6) is -1.26. The van der Waals surface area contributed by atoms with Gasteiger partial charge in [0.15, 0.2) is 0 Å². The maximum Gasteiger partial charge on any atom is 0.469 e. The van der Waals surface area contributed by atoms with E-state index in [0.717, 1.165) is 0 Å². The number of aromatic nitrogens is 2. The predicted molar refractivity (Wildman–Crippen MR) is 41.5 cm³/mol. The lowest BCUT2D eigenvalue weighted by molar-refractivity contribution is -0.156. The third-order valence-corrected chi connectivity index (χ3v) is 1.64. The lowest BCUT2D eigenvalue weighted by Crippen LogP contribution is -2.04. The highest BCUT2D eigenvalue weighted by atomic mass is 19.4. The second kappa shape index (κ2) is 2.70. The molecule has 0 amide bonds. The van der Waals surface area contributed by atoms with Crippen LogP contribution in [-0.4, -0.2) is 9.97 Å². The fraction of sp³-hybridized carbons (Fsp3) is 0.250. The van der Waals surface area contributed by atoms with Gasteiger partial charge in [-0.3, -0.25) is 0 Å². The van der Waals surface area contributed by atoms with Crippen LogP contribution in [0.15, 0.2) is 16.5 Å². The van der Waals surface area contributed by atoms with E-state index >= 15 is 0 Å². The third kappa shape index (κ3) is 1.43. The molecule has 3 nitrogen and oxygen atoms in total. The van der Waals surface area contributed by atoms with Gasteiger partial charge in [-0.05, 0) is 19.1 Å². The van der Waals surface area contributed by atoms with E-state index in [1.54, 1.807) is 13.0 Å². The molecule has 14 heavy (non-hydrogen) atoms. The standard InChI is InChI=1S/C8H5F3N2O/c1-4-2-3-5-6(12-4)14-7(13-5)8(9,10)11/h2-3H,1H3. The van der Waals surface area contributed by atoms with Crippen molar-refractivity contribution in [3.8, 4) is 0 Å². The summed E-state index contributed by atoms with van der Waals surface area (Å²) >= 11 is 0. The number of fused-ring (bicyclic) bond motifs is 1. The number of hydrogen-bond donors (Lipinski definition) is 0. The molecule has 0 bridgehead atoms. The Morgan fingerprint density at radius 2 is 1.93 bits per heavy atom. The molecule has 0 aromatic carbocycles. The van der Waals surface area contributed by atoms with Gasteiger partial charge in [0, 0.05) is 5.69 Å². The van der Waals surface area contributed by atoms with Crippen molar-refractivity contribution in [2.24, 2.45) is 0 Å². The minimum atomic E-state index is -4.56. The first-order valence-electron chi connectivity index (χ1n) is 3.78. The van der Waals surface area contributed by atoms with Crippen LogP contribution < -0.4 is 0 Å². The van der Waals surface area contributed by atoms with Gasteiger partial charge in [-0.15, -0.1) is 0 Å². The monoisotopic (exact) mass is 202 g/mol. The fourth-order valence-corrected chi connectivity index (χ4v) is 1.03. The Morgan fingerprint density at radius 3 is 2.57 bits per heavy atom. The molecule has 2 aromatic rings. The van der Waals surface area contributed by atoms with Crippen LogP contribution in [0, 0.1) is 6.92 Å². The quantitative estimate of drug-likeness (QED) is 0.658. The molecule has 74 valence electrons. The van der Waals surface area contributed by atoms with Gasteiger partial charge in [-0.25, -0.2) is 9.97 Å². The van der Waals surface area contributed by atoms with E-state index in [1.807, 2.05) is 0 Å². The zero-order valence-corrected chi connectivity index (χ0v) is 7.09. The Hall–Kier alpha value is -1.59. The molecule has 0 saturated carbocycles. The highest BCUT2D eigenvalue weighted by Crippen LogP contribution is 2.30. The van der Waals surface area contributed by atoms with Gasteiger partial charge >= 0.3 is 12.1 Å². The van der Waals surface area contributed by atoms with E-state index in [-0.39, 0.29) is 11.2 Å². The Bertz CT molecular complexity index is 475. The summed E-state index contributed by atoms with van der Waals surface area (Å²) in [5.41, 5.74) is 0.614. The molecule has 2 rings (SSSR count). The number of pyridine rings is 1. The number of aryl methyl sites for hydroxylation is 1. The molecule has 0 fully saturated rings. The first-order valence-corrected chi connectivity index (χ1v) is 3.78. The minimum absolute atomic E-state index is 0.0858. The van der Waals surface area contributed by atoms with Crippen molar-refractivity contribution in [3.05, 3.63) is 23.7 Å². The van der Waals surface area contributed by atoms with E-state index in [2.05, 4.69) is 14.4 Å². The Balaban J connectivity index is 2.63. The third-order valence-electron chi connectivity index (χ3n) is 1.64. The Labute approximate surface area is 76.6 Å². The summed E-state index contributed by atoms with van der Waals surface area (Å²) in [6.07, 6.45) is -4.56. The predicted octanol–water partition coefficient (Wildman–Crippen LogP) is 2.55. The normalized spacial score (nSPS) is 12.3. The molecule has 0 radical (unpaired) electrons. The molecule has 0 saturated heterocycles. The fourth-order valence-electron chi connectivity index (χ4n) is 1.03. The first-order chi connectivity index (χ1) is 6.47. The van der Waals surface area contributed by atoms with Crippen LogP contribution in [0.25, 0.3) is 11.2 Å². The van der Waals surface area contributed by atoms with Gasteiger partial charge in [-0.2, -0.15) is 13.2 Å². The van der Waals surface area contributed by atoms with Crippen molar-refractivity contribution in [2.45, 2.75) is 13.1 Å². The number of rotatable bonds is 0. The van der Waals surface area contributed by atoms with Crippen LogP contribution in [0.4, 0.5) is 13.2 Å². The van der Waals surface area contributed by atoms with Crippen molar-refractivity contribution < 1.29 is 17.6 Å². The minimum Gasteiger partial charge on any atom is -0.414 e. The highest BCUT2D eigenvalue weighted by molar-refractivity contribution is 5.68. The lowest BCUT2D eigenvalue weighted by atomic mass is 10.4. The molecule has 0 aliphatic rings. The summed E-state index contributed by atoms with van der Waals surface area (Å²) in [6, 6.07) is 3.02. The average Bonchev–Trinajstić information content (AvgIpc) is 2.45. The largest absolute Gasteiger partial charge is 0.469 e. The van der Waals surface area contributed by atoms with Gasteiger partial charge in [0.05, 0.1) is 0 Å². The Kier molecular flexibility index (Phi) is 1.73. The topological polar surface area (TPSA) is 38.9 Å². The second-order valence-corrected chi connectivity index (χ2v) is 2.79. The van der Waals surface area contributed by atoms with Crippen LogP contribution in [0.1, 0.15) is 11.6 Å².